The highest BCUT2D eigenvalue weighted by molar-refractivity contribution is 4.83. The molecule has 3 fully saturated rings. The molecule has 0 radical (unpaired) electrons. The van der Waals surface area contributed by atoms with Crippen LogP contribution in [-0.2, 0) is 0 Å². The van der Waals surface area contributed by atoms with Crippen LogP contribution in [0.2, 0.25) is 0 Å². The molecule has 3 aliphatic rings. The van der Waals surface area contributed by atoms with Crippen molar-refractivity contribution in [2.75, 3.05) is 32.7 Å². The monoisotopic (exact) mass is 250 g/mol. The summed E-state index contributed by atoms with van der Waals surface area (Å²) in [5, 5.41) is 0. The third-order valence-corrected chi connectivity index (χ3v) is 5.49. The minimum absolute atomic E-state index is 0.946. The van der Waals surface area contributed by atoms with E-state index < -0.39 is 0 Å². The van der Waals surface area contributed by atoms with E-state index in [0.717, 1.165) is 12.0 Å². The van der Waals surface area contributed by atoms with Crippen molar-refractivity contribution in [1.29, 1.82) is 0 Å². The molecule has 1 heterocycles. The van der Waals surface area contributed by atoms with Gasteiger partial charge in [-0.3, -0.25) is 4.90 Å². The maximum atomic E-state index is 2.78. The Morgan fingerprint density at radius 1 is 0.667 bits per heavy atom. The van der Waals surface area contributed by atoms with Gasteiger partial charge in [0.05, 0.1) is 0 Å². The maximum Gasteiger partial charge on any atom is 0.0113 e. The van der Waals surface area contributed by atoms with Gasteiger partial charge in [0.15, 0.2) is 0 Å². The van der Waals surface area contributed by atoms with Gasteiger partial charge in [-0.25, -0.2) is 0 Å². The lowest BCUT2D eigenvalue weighted by atomic mass is 9.89. The fourth-order valence-electron chi connectivity index (χ4n) is 4.32. The predicted molar refractivity (Wildman–Crippen MR) is 76.8 cm³/mol. The maximum absolute atomic E-state index is 2.78. The molecule has 2 nitrogen and oxygen atoms in total. The fourth-order valence-corrected chi connectivity index (χ4v) is 4.32. The van der Waals surface area contributed by atoms with Crippen LogP contribution in [0.15, 0.2) is 0 Å². The largest absolute Gasteiger partial charge is 0.301 e. The predicted octanol–water partition coefficient (Wildman–Crippen LogP) is 3.13. The first kappa shape index (κ1) is 12.9. The third kappa shape index (κ3) is 3.27. The minimum atomic E-state index is 0.946. The smallest absolute Gasteiger partial charge is 0.0113 e. The van der Waals surface area contributed by atoms with E-state index >= 15 is 0 Å². The molecule has 0 aromatic carbocycles. The summed E-state index contributed by atoms with van der Waals surface area (Å²) in [6.07, 6.45) is 13.4. The zero-order valence-electron chi connectivity index (χ0n) is 11.9. The Hall–Kier alpha value is -0.0800. The summed E-state index contributed by atoms with van der Waals surface area (Å²) in [7, 11) is 0. The number of piperazine rings is 1. The molecular weight excluding hydrogens is 220 g/mol. The highest BCUT2D eigenvalue weighted by atomic mass is 15.3. The topological polar surface area (TPSA) is 6.48 Å². The first-order valence-electron chi connectivity index (χ1n) is 8.38. The van der Waals surface area contributed by atoms with Crippen molar-refractivity contribution in [3.8, 4) is 0 Å². The van der Waals surface area contributed by atoms with Crippen molar-refractivity contribution in [2.45, 2.75) is 63.8 Å². The molecule has 0 aromatic heterocycles. The molecule has 0 atom stereocenters. The Labute approximate surface area is 113 Å². The number of hydrogen-bond acceptors (Lipinski definition) is 2. The molecule has 104 valence electrons. The van der Waals surface area contributed by atoms with Gasteiger partial charge in [0, 0.05) is 38.8 Å². The Bertz CT molecular complexity index is 233. The van der Waals surface area contributed by atoms with Gasteiger partial charge in [-0.1, -0.05) is 32.1 Å². The highest BCUT2D eigenvalue weighted by Crippen LogP contribution is 2.26. The van der Waals surface area contributed by atoms with E-state index in [2.05, 4.69) is 9.80 Å². The molecule has 0 amide bonds. The van der Waals surface area contributed by atoms with Crippen LogP contribution in [0.4, 0.5) is 0 Å². The standard InChI is InChI=1S/C16H30N2/c1-2-6-15(7-3-1)14-17-10-12-18(13-11-17)16-8-4-5-9-16/h15-16H,1-14H2. The van der Waals surface area contributed by atoms with Crippen molar-refractivity contribution < 1.29 is 0 Å². The van der Waals surface area contributed by atoms with Gasteiger partial charge < -0.3 is 4.90 Å². The van der Waals surface area contributed by atoms with Crippen LogP contribution in [0.25, 0.3) is 0 Å². The van der Waals surface area contributed by atoms with Gasteiger partial charge >= 0.3 is 0 Å². The zero-order valence-corrected chi connectivity index (χ0v) is 11.9. The van der Waals surface area contributed by atoms with Gasteiger partial charge in [-0.2, -0.15) is 0 Å². The van der Waals surface area contributed by atoms with Gasteiger partial charge in [0.1, 0.15) is 0 Å². The zero-order chi connectivity index (χ0) is 12.2. The summed E-state index contributed by atoms with van der Waals surface area (Å²) in [6.45, 7) is 6.77. The Balaban J connectivity index is 1.39. The Morgan fingerprint density at radius 3 is 1.94 bits per heavy atom. The average Bonchev–Trinajstić information content (AvgIpc) is 2.95. The molecule has 3 rings (SSSR count). The number of hydrogen-bond donors (Lipinski definition) is 0. The van der Waals surface area contributed by atoms with E-state index in [0.29, 0.717) is 0 Å². The van der Waals surface area contributed by atoms with Crippen LogP contribution in [0.3, 0.4) is 0 Å². The fraction of sp³-hybridized carbons (Fsp3) is 1.00. The van der Waals surface area contributed by atoms with Crippen molar-refractivity contribution in [2.24, 2.45) is 5.92 Å². The first-order chi connectivity index (χ1) is 8.92. The molecular formula is C16H30N2. The second-order valence-electron chi connectivity index (χ2n) is 6.78. The van der Waals surface area contributed by atoms with Gasteiger partial charge in [-0.15, -0.1) is 0 Å². The van der Waals surface area contributed by atoms with Crippen LogP contribution in [0, 0.1) is 5.92 Å². The first-order valence-corrected chi connectivity index (χ1v) is 8.38. The quantitative estimate of drug-likeness (QED) is 0.759. The molecule has 0 unspecified atom stereocenters. The van der Waals surface area contributed by atoms with Crippen molar-refractivity contribution >= 4 is 0 Å². The van der Waals surface area contributed by atoms with E-state index in [-0.39, 0.29) is 0 Å². The minimum Gasteiger partial charge on any atom is -0.301 e. The summed E-state index contributed by atoms with van der Waals surface area (Å²) in [6, 6.07) is 0.946. The molecule has 0 N–H and O–H groups in total. The summed E-state index contributed by atoms with van der Waals surface area (Å²) < 4.78 is 0. The number of nitrogens with zero attached hydrogens (tertiary/aromatic N) is 2. The third-order valence-electron chi connectivity index (χ3n) is 5.49. The van der Waals surface area contributed by atoms with E-state index in [4.69, 9.17) is 0 Å². The molecule has 0 bridgehead atoms. The van der Waals surface area contributed by atoms with Crippen molar-refractivity contribution in [3.05, 3.63) is 0 Å². The van der Waals surface area contributed by atoms with Gasteiger partial charge in [0.25, 0.3) is 0 Å². The summed E-state index contributed by atoms with van der Waals surface area (Å²) in [5.74, 6) is 1.02. The molecule has 1 saturated heterocycles. The van der Waals surface area contributed by atoms with Crippen LogP contribution in [0.1, 0.15) is 57.8 Å². The summed E-state index contributed by atoms with van der Waals surface area (Å²) in [5.41, 5.74) is 0. The molecule has 18 heavy (non-hydrogen) atoms. The second kappa shape index (κ2) is 6.38. The molecule has 2 aliphatic carbocycles. The molecule has 2 saturated carbocycles. The van der Waals surface area contributed by atoms with Crippen LogP contribution in [0.5, 0.6) is 0 Å². The lowest BCUT2D eigenvalue weighted by Crippen LogP contribution is -2.50. The van der Waals surface area contributed by atoms with Gasteiger partial charge in [0.2, 0.25) is 0 Å². The van der Waals surface area contributed by atoms with Crippen molar-refractivity contribution in [1.82, 2.24) is 9.80 Å². The lowest BCUT2D eigenvalue weighted by Gasteiger charge is -2.39. The van der Waals surface area contributed by atoms with E-state index in [9.17, 15) is 0 Å². The van der Waals surface area contributed by atoms with E-state index in [1.807, 2.05) is 0 Å². The molecule has 2 heteroatoms. The second-order valence-corrected chi connectivity index (χ2v) is 6.78. The van der Waals surface area contributed by atoms with E-state index in [1.54, 1.807) is 0 Å². The highest BCUT2D eigenvalue weighted by Gasteiger charge is 2.27. The van der Waals surface area contributed by atoms with Crippen LogP contribution < -0.4 is 0 Å². The Kier molecular flexibility index (Phi) is 4.58. The summed E-state index contributed by atoms with van der Waals surface area (Å²) >= 11 is 0. The molecule has 1 aliphatic heterocycles. The average molecular weight is 250 g/mol. The van der Waals surface area contributed by atoms with Crippen LogP contribution in [-0.4, -0.2) is 48.6 Å². The molecule has 0 aromatic rings. The normalized spacial score (nSPS) is 30.0. The lowest BCUT2D eigenvalue weighted by molar-refractivity contribution is 0.0825. The van der Waals surface area contributed by atoms with Crippen LogP contribution >= 0.6 is 0 Å². The number of rotatable bonds is 3. The Morgan fingerprint density at radius 2 is 1.28 bits per heavy atom. The van der Waals surface area contributed by atoms with Gasteiger partial charge in [-0.05, 0) is 31.6 Å². The SMILES string of the molecule is C1CCC(CN2CCN(C3CCCC3)CC2)CC1. The van der Waals surface area contributed by atoms with Crippen molar-refractivity contribution in [3.63, 3.8) is 0 Å². The summed E-state index contributed by atoms with van der Waals surface area (Å²) in [4.78, 5) is 5.53. The molecule has 0 spiro atoms. The van der Waals surface area contributed by atoms with E-state index in [1.165, 1.54) is 90.5 Å².